The SMILES string of the molecule is CCCNCc1cn(-c2ccc(Cl)cc2I)cn1. The monoisotopic (exact) mass is 375 g/mol. The van der Waals surface area contributed by atoms with Gasteiger partial charge < -0.3 is 9.88 Å². The predicted molar refractivity (Wildman–Crippen MR) is 83.3 cm³/mol. The van der Waals surface area contributed by atoms with Crippen LogP contribution in [0.5, 0.6) is 0 Å². The van der Waals surface area contributed by atoms with Gasteiger partial charge in [-0.2, -0.15) is 0 Å². The van der Waals surface area contributed by atoms with Crippen molar-refractivity contribution in [2.45, 2.75) is 19.9 Å². The lowest BCUT2D eigenvalue weighted by molar-refractivity contribution is 0.666. The van der Waals surface area contributed by atoms with Gasteiger partial charge in [-0.15, -0.1) is 0 Å². The molecule has 0 unspecified atom stereocenters. The van der Waals surface area contributed by atoms with Gasteiger partial charge in [0.25, 0.3) is 0 Å². The lowest BCUT2D eigenvalue weighted by Crippen LogP contribution is -2.13. The van der Waals surface area contributed by atoms with Crippen LogP contribution in [0.25, 0.3) is 5.69 Å². The molecule has 0 saturated carbocycles. The molecule has 0 aliphatic carbocycles. The summed E-state index contributed by atoms with van der Waals surface area (Å²) < 4.78 is 3.15. The summed E-state index contributed by atoms with van der Waals surface area (Å²) in [6, 6.07) is 5.86. The van der Waals surface area contributed by atoms with E-state index in [2.05, 4.69) is 39.8 Å². The van der Waals surface area contributed by atoms with Gasteiger partial charge in [0.15, 0.2) is 0 Å². The van der Waals surface area contributed by atoms with Crippen molar-refractivity contribution in [2.75, 3.05) is 6.54 Å². The molecule has 18 heavy (non-hydrogen) atoms. The highest BCUT2D eigenvalue weighted by atomic mass is 127. The number of halogens is 2. The zero-order valence-electron chi connectivity index (χ0n) is 10.2. The van der Waals surface area contributed by atoms with Gasteiger partial charge in [-0.25, -0.2) is 4.98 Å². The molecule has 0 radical (unpaired) electrons. The smallest absolute Gasteiger partial charge is 0.0996 e. The molecular formula is C13H15ClIN3. The number of benzene rings is 1. The molecule has 0 bridgehead atoms. The van der Waals surface area contributed by atoms with Gasteiger partial charge in [0.1, 0.15) is 0 Å². The Balaban J connectivity index is 2.13. The molecule has 0 amide bonds. The van der Waals surface area contributed by atoms with Gasteiger partial charge in [0, 0.05) is 21.3 Å². The third-order valence-corrected chi connectivity index (χ3v) is 3.66. The minimum atomic E-state index is 0.758. The maximum atomic E-state index is 5.95. The standard InChI is InChI=1S/C13H15ClIN3/c1-2-5-16-7-11-8-18(9-17-11)13-4-3-10(14)6-12(13)15/h3-4,6,8-9,16H,2,5,7H2,1H3. The Morgan fingerprint density at radius 2 is 2.28 bits per heavy atom. The summed E-state index contributed by atoms with van der Waals surface area (Å²) in [7, 11) is 0. The number of hydrogen-bond donors (Lipinski definition) is 1. The Kier molecular flexibility index (Phi) is 5.03. The van der Waals surface area contributed by atoms with Gasteiger partial charge in [0.2, 0.25) is 0 Å². The van der Waals surface area contributed by atoms with E-state index in [0.29, 0.717) is 0 Å². The van der Waals surface area contributed by atoms with Crippen molar-refractivity contribution < 1.29 is 0 Å². The van der Waals surface area contributed by atoms with Crippen LogP contribution >= 0.6 is 34.2 Å². The largest absolute Gasteiger partial charge is 0.311 e. The highest BCUT2D eigenvalue weighted by molar-refractivity contribution is 14.1. The quantitative estimate of drug-likeness (QED) is 0.639. The number of nitrogens with zero attached hydrogens (tertiary/aromatic N) is 2. The molecule has 2 rings (SSSR count). The zero-order chi connectivity index (χ0) is 13.0. The number of hydrogen-bond acceptors (Lipinski definition) is 2. The van der Waals surface area contributed by atoms with E-state index in [1.54, 1.807) is 0 Å². The Morgan fingerprint density at radius 3 is 3.00 bits per heavy atom. The van der Waals surface area contributed by atoms with Crippen LogP contribution in [-0.4, -0.2) is 16.1 Å². The van der Waals surface area contributed by atoms with Gasteiger partial charge in [-0.05, 0) is 53.8 Å². The third kappa shape index (κ3) is 3.46. The molecule has 1 aromatic heterocycles. The molecule has 0 spiro atoms. The van der Waals surface area contributed by atoms with E-state index >= 15 is 0 Å². The van der Waals surface area contributed by atoms with Crippen molar-refractivity contribution in [1.82, 2.24) is 14.9 Å². The summed E-state index contributed by atoms with van der Waals surface area (Å²) in [4.78, 5) is 4.39. The second kappa shape index (κ2) is 6.54. The molecule has 1 heterocycles. The molecule has 3 nitrogen and oxygen atoms in total. The molecule has 1 aromatic carbocycles. The van der Waals surface area contributed by atoms with Crippen molar-refractivity contribution in [3.8, 4) is 5.69 Å². The molecule has 1 N–H and O–H groups in total. The molecule has 0 fully saturated rings. The van der Waals surface area contributed by atoms with E-state index in [-0.39, 0.29) is 0 Å². The maximum Gasteiger partial charge on any atom is 0.0996 e. The normalized spacial score (nSPS) is 10.8. The predicted octanol–water partition coefficient (Wildman–Crippen LogP) is 3.63. The highest BCUT2D eigenvalue weighted by Gasteiger charge is 2.04. The average Bonchev–Trinajstić information content (AvgIpc) is 2.78. The summed E-state index contributed by atoms with van der Waals surface area (Å²) >= 11 is 8.24. The van der Waals surface area contributed by atoms with Crippen LogP contribution in [0.3, 0.4) is 0 Å². The minimum Gasteiger partial charge on any atom is -0.311 e. The number of imidazole rings is 1. The summed E-state index contributed by atoms with van der Waals surface area (Å²) in [6.45, 7) is 3.98. The van der Waals surface area contributed by atoms with Crippen molar-refractivity contribution in [3.05, 3.63) is 45.0 Å². The Labute approximate surface area is 126 Å². The van der Waals surface area contributed by atoms with Crippen molar-refractivity contribution in [2.24, 2.45) is 0 Å². The lowest BCUT2D eigenvalue weighted by atomic mass is 10.3. The fraction of sp³-hybridized carbons (Fsp3) is 0.308. The topological polar surface area (TPSA) is 29.9 Å². The summed E-state index contributed by atoms with van der Waals surface area (Å²) in [6.07, 6.45) is 5.03. The highest BCUT2D eigenvalue weighted by Crippen LogP contribution is 2.21. The maximum absolute atomic E-state index is 5.95. The first-order chi connectivity index (χ1) is 8.70. The number of rotatable bonds is 5. The molecule has 0 aliphatic rings. The average molecular weight is 376 g/mol. The third-order valence-electron chi connectivity index (χ3n) is 2.56. The van der Waals surface area contributed by atoms with Crippen LogP contribution in [0.15, 0.2) is 30.7 Å². The lowest BCUT2D eigenvalue weighted by Gasteiger charge is -2.05. The first-order valence-corrected chi connectivity index (χ1v) is 7.35. The van der Waals surface area contributed by atoms with Crippen LogP contribution in [0, 0.1) is 3.57 Å². The minimum absolute atomic E-state index is 0.758. The fourth-order valence-electron chi connectivity index (χ4n) is 1.67. The molecule has 0 atom stereocenters. The molecule has 0 aliphatic heterocycles. The Hall–Kier alpha value is -0.590. The van der Waals surface area contributed by atoms with Gasteiger partial charge in [-0.1, -0.05) is 18.5 Å². The molecule has 5 heteroatoms. The molecule has 0 saturated heterocycles. The van der Waals surface area contributed by atoms with E-state index in [9.17, 15) is 0 Å². The van der Waals surface area contributed by atoms with Crippen molar-refractivity contribution >= 4 is 34.2 Å². The molecule has 96 valence electrons. The number of nitrogens with one attached hydrogen (secondary N) is 1. The van der Waals surface area contributed by atoms with Crippen LogP contribution in [0.4, 0.5) is 0 Å². The second-order valence-corrected chi connectivity index (χ2v) is 5.64. The van der Waals surface area contributed by atoms with Crippen LogP contribution in [0.2, 0.25) is 5.02 Å². The summed E-state index contributed by atoms with van der Waals surface area (Å²) in [5.74, 6) is 0. The molecular weight excluding hydrogens is 361 g/mol. The van der Waals surface area contributed by atoms with E-state index in [0.717, 1.165) is 39.5 Å². The summed E-state index contributed by atoms with van der Waals surface area (Å²) in [5, 5.41) is 4.10. The molecule has 2 aromatic rings. The first-order valence-electron chi connectivity index (χ1n) is 5.89. The number of aromatic nitrogens is 2. The van der Waals surface area contributed by atoms with Crippen molar-refractivity contribution in [1.29, 1.82) is 0 Å². The second-order valence-electron chi connectivity index (χ2n) is 4.04. The van der Waals surface area contributed by atoms with Crippen LogP contribution < -0.4 is 5.32 Å². The summed E-state index contributed by atoms with van der Waals surface area (Å²) in [5.41, 5.74) is 2.16. The van der Waals surface area contributed by atoms with Crippen LogP contribution in [-0.2, 0) is 6.54 Å². The van der Waals surface area contributed by atoms with Gasteiger partial charge >= 0.3 is 0 Å². The van der Waals surface area contributed by atoms with E-state index in [1.807, 2.05) is 35.3 Å². The zero-order valence-corrected chi connectivity index (χ0v) is 13.1. The Morgan fingerprint density at radius 1 is 1.44 bits per heavy atom. The van der Waals surface area contributed by atoms with Gasteiger partial charge in [0.05, 0.1) is 17.7 Å². The fourth-order valence-corrected chi connectivity index (χ4v) is 2.82. The first kappa shape index (κ1) is 13.8. The van der Waals surface area contributed by atoms with E-state index < -0.39 is 0 Å². The van der Waals surface area contributed by atoms with Gasteiger partial charge in [-0.3, -0.25) is 0 Å². The van der Waals surface area contributed by atoms with E-state index in [4.69, 9.17) is 11.6 Å². The van der Waals surface area contributed by atoms with Crippen LogP contribution in [0.1, 0.15) is 19.0 Å². The Bertz CT molecular complexity index is 525. The van der Waals surface area contributed by atoms with E-state index in [1.165, 1.54) is 0 Å². The van der Waals surface area contributed by atoms with Crippen molar-refractivity contribution in [3.63, 3.8) is 0 Å².